The molecule has 1 heterocycles. The third kappa shape index (κ3) is 4.86. The van der Waals surface area contributed by atoms with E-state index in [1.807, 2.05) is 24.3 Å². The zero-order valence-corrected chi connectivity index (χ0v) is 13.6. The summed E-state index contributed by atoms with van der Waals surface area (Å²) in [6, 6.07) is 9.61. The van der Waals surface area contributed by atoms with E-state index in [-0.39, 0.29) is 5.91 Å². The van der Waals surface area contributed by atoms with Crippen molar-refractivity contribution in [1.82, 2.24) is 10.3 Å². The lowest BCUT2D eigenvalue weighted by molar-refractivity contribution is 0.0948. The maximum Gasteiger partial charge on any atom is 0.252 e. The Hall–Kier alpha value is -1.88. The smallest absolute Gasteiger partial charge is 0.252 e. The number of nitrogens with zero attached hydrogens (tertiary/aromatic N) is 1. The Morgan fingerprint density at radius 3 is 2.76 bits per heavy atom. The number of nitrogens with one attached hydrogen (secondary N) is 2. The molecule has 0 bridgehead atoms. The molecule has 1 amide bonds. The number of pyridine rings is 1. The summed E-state index contributed by atoms with van der Waals surface area (Å²) in [5, 5.41) is 6.12. The van der Waals surface area contributed by atoms with Gasteiger partial charge in [0, 0.05) is 22.9 Å². The van der Waals surface area contributed by atoms with Gasteiger partial charge in [-0.05, 0) is 30.2 Å². The summed E-state index contributed by atoms with van der Waals surface area (Å²) >= 11 is 3.43. The lowest BCUT2D eigenvalue weighted by Gasteiger charge is -2.10. The quantitative estimate of drug-likeness (QED) is 0.860. The van der Waals surface area contributed by atoms with Gasteiger partial charge in [-0.1, -0.05) is 35.8 Å². The molecule has 2 rings (SSSR count). The maximum atomic E-state index is 12.0. The molecule has 2 aromatic rings. The molecular weight excluding hydrogens is 330 g/mol. The number of halogens is 1. The van der Waals surface area contributed by atoms with E-state index in [9.17, 15) is 4.79 Å². The van der Waals surface area contributed by atoms with Crippen molar-refractivity contribution in [2.24, 2.45) is 5.92 Å². The van der Waals surface area contributed by atoms with Crippen LogP contribution in [0.2, 0.25) is 0 Å². The molecule has 0 spiro atoms. The highest BCUT2D eigenvalue weighted by molar-refractivity contribution is 9.10. The summed E-state index contributed by atoms with van der Waals surface area (Å²) in [4.78, 5) is 16.1. The van der Waals surface area contributed by atoms with Crippen molar-refractivity contribution in [2.45, 2.75) is 13.8 Å². The van der Waals surface area contributed by atoms with Crippen LogP contribution in [0.25, 0.3) is 0 Å². The van der Waals surface area contributed by atoms with E-state index in [0.29, 0.717) is 18.0 Å². The molecule has 21 heavy (non-hydrogen) atoms. The van der Waals surface area contributed by atoms with E-state index in [0.717, 1.165) is 15.8 Å². The molecule has 0 unspecified atom stereocenters. The summed E-state index contributed by atoms with van der Waals surface area (Å²) in [7, 11) is 0. The van der Waals surface area contributed by atoms with E-state index < -0.39 is 0 Å². The van der Waals surface area contributed by atoms with Gasteiger partial charge in [-0.2, -0.15) is 0 Å². The number of rotatable bonds is 5. The molecule has 1 aromatic carbocycles. The minimum Gasteiger partial charge on any atom is -0.354 e. The zero-order valence-electron chi connectivity index (χ0n) is 12.1. The highest BCUT2D eigenvalue weighted by atomic mass is 79.9. The number of aromatic nitrogens is 1. The molecule has 0 aliphatic heterocycles. The topological polar surface area (TPSA) is 54.0 Å². The molecule has 1 aromatic heterocycles. The molecular formula is C16H18BrN3O. The molecule has 4 nitrogen and oxygen atoms in total. The van der Waals surface area contributed by atoms with Crippen LogP contribution < -0.4 is 10.6 Å². The minimum atomic E-state index is -0.103. The van der Waals surface area contributed by atoms with Gasteiger partial charge in [0.1, 0.15) is 0 Å². The van der Waals surface area contributed by atoms with Gasteiger partial charge in [0.15, 0.2) is 0 Å². The molecule has 0 fully saturated rings. The summed E-state index contributed by atoms with van der Waals surface area (Å²) < 4.78 is 0.992. The molecule has 5 heteroatoms. The van der Waals surface area contributed by atoms with Gasteiger partial charge in [-0.3, -0.25) is 9.78 Å². The first-order chi connectivity index (χ1) is 10.0. The molecule has 0 radical (unpaired) electrons. The second-order valence-electron chi connectivity index (χ2n) is 5.20. The van der Waals surface area contributed by atoms with Gasteiger partial charge in [0.2, 0.25) is 0 Å². The minimum absolute atomic E-state index is 0.103. The van der Waals surface area contributed by atoms with Crippen molar-refractivity contribution < 1.29 is 4.79 Å². The Labute approximate surface area is 133 Å². The summed E-state index contributed by atoms with van der Waals surface area (Å²) in [5.41, 5.74) is 2.27. The molecule has 0 atom stereocenters. The largest absolute Gasteiger partial charge is 0.354 e. The fraction of sp³-hybridized carbons (Fsp3) is 0.250. The first kappa shape index (κ1) is 15.5. The van der Waals surface area contributed by atoms with E-state index in [4.69, 9.17) is 0 Å². The van der Waals surface area contributed by atoms with Crippen molar-refractivity contribution in [3.05, 3.63) is 52.8 Å². The van der Waals surface area contributed by atoms with Crippen molar-refractivity contribution >= 4 is 33.2 Å². The third-order valence-corrected chi connectivity index (χ3v) is 3.28. The van der Waals surface area contributed by atoms with Gasteiger partial charge in [0.05, 0.1) is 17.4 Å². The van der Waals surface area contributed by atoms with Gasteiger partial charge in [-0.25, -0.2) is 0 Å². The predicted molar refractivity (Wildman–Crippen MR) is 88.8 cm³/mol. The van der Waals surface area contributed by atoms with Crippen LogP contribution in [0.3, 0.4) is 0 Å². The Morgan fingerprint density at radius 2 is 2.05 bits per heavy atom. The van der Waals surface area contributed by atoms with Crippen molar-refractivity contribution in [3.8, 4) is 0 Å². The van der Waals surface area contributed by atoms with Crippen LogP contribution >= 0.6 is 15.9 Å². The van der Waals surface area contributed by atoms with Crippen LogP contribution in [0.4, 0.5) is 11.4 Å². The normalized spacial score (nSPS) is 10.5. The Morgan fingerprint density at radius 1 is 1.24 bits per heavy atom. The highest BCUT2D eigenvalue weighted by Crippen LogP contribution is 2.20. The van der Waals surface area contributed by atoms with Crippen LogP contribution in [-0.2, 0) is 0 Å². The summed E-state index contributed by atoms with van der Waals surface area (Å²) in [6.07, 6.45) is 3.27. The fourth-order valence-electron chi connectivity index (χ4n) is 1.76. The van der Waals surface area contributed by atoms with Gasteiger partial charge < -0.3 is 10.6 Å². The zero-order chi connectivity index (χ0) is 15.2. The standard InChI is InChI=1S/C16H18BrN3O/c1-11(2)8-19-16(21)12-6-15(10-18-9-12)20-14-5-3-4-13(17)7-14/h3-7,9-11,20H,8H2,1-2H3,(H,19,21). The highest BCUT2D eigenvalue weighted by Gasteiger charge is 2.07. The third-order valence-electron chi connectivity index (χ3n) is 2.78. The lowest BCUT2D eigenvalue weighted by atomic mass is 10.2. The molecule has 2 N–H and O–H groups in total. The predicted octanol–water partition coefficient (Wildman–Crippen LogP) is 3.97. The maximum absolute atomic E-state index is 12.0. The molecule has 0 aliphatic carbocycles. The number of amides is 1. The monoisotopic (exact) mass is 347 g/mol. The molecule has 0 aliphatic rings. The first-order valence-electron chi connectivity index (χ1n) is 6.80. The van der Waals surface area contributed by atoms with Crippen LogP contribution in [0.5, 0.6) is 0 Å². The number of carbonyl (C=O) groups excluding carboxylic acids is 1. The first-order valence-corrected chi connectivity index (χ1v) is 7.60. The van der Waals surface area contributed by atoms with Crippen molar-refractivity contribution in [1.29, 1.82) is 0 Å². The van der Waals surface area contributed by atoms with E-state index in [1.54, 1.807) is 18.5 Å². The molecule has 0 saturated carbocycles. The van der Waals surface area contributed by atoms with E-state index in [2.05, 4.69) is 45.4 Å². The van der Waals surface area contributed by atoms with Crippen LogP contribution in [0.15, 0.2) is 47.2 Å². The van der Waals surface area contributed by atoms with E-state index >= 15 is 0 Å². The fourth-order valence-corrected chi connectivity index (χ4v) is 2.16. The van der Waals surface area contributed by atoms with Crippen LogP contribution in [-0.4, -0.2) is 17.4 Å². The summed E-state index contributed by atoms with van der Waals surface area (Å²) in [6.45, 7) is 4.77. The SMILES string of the molecule is CC(C)CNC(=O)c1cncc(Nc2cccc(Br)c2)c1. The molecule has 110 valence electrons. The van der Waals surface area contributed by atoms with Gasteiger partial charge in [-0.15, -0.1) is 0 Å². The Bertz CT molecular complexity index is 628. The second kappa shape index (κ2) is 7.22. The molecule has 0 saturated heterocycles. The number of hydrogen-bond donors (Lipinski definition) is 2. The van der Waals surface area contributed by atoms with Crippen molar-refractivity contribution in [2.75, 3.05) is 11.9 Å². The number of carbonyl (C=O) groups is 1. The van der Waals surface area contributed by atoms with Crippen LogP contribution in [0.1, 0.15) is 24.2 Å². The summed E-state index contributed by atoms with van der Waals surface area (Å²) in [5.74, 6) is 0.318. The Balaban J connectivity index is 2.08. The number of anilines is 2. The average Bonchev–Trinajstić information content (AvgIpc) is 2.45. The van der Waals surface area contributed by atoms with E-state index in [1.165, 1.54) is 0 Å². The van der Waals surface area contributed by atoms with Gasteiger partial charge in [0.25, 0.3) is 5.91 Å². The lowest BCUT2D eigenvalue weighted by Crippen LogP contribution is -2.27. The number of benzene rings is 1. The average molecular weight is 348 g/mol. The number of hydrogen-bond acceptors (Lipinski definition) is 3. The van der Waals surface area contributed by atoms with Gasteiger partial charge >= 0.3 is 0 Å². The Kier molecular flexibility index (Phi) is 5.33. The van der Waals surface area contributed by atoms with Crippen molar-refractivity contribution in [3.63, 3.8) is 0 Å². The second-order valence-corrected chi connectivity index (χ2v) is 6.12. The van der Waals surface area contributed by atoms with Crippen LogP contribution in [0, 0.1) is 5.92 Å².